The van der Waals surface area contributed by atoms with E-state index in [0.717, 1.165) is 25.3 Å². The van der Waals surface area contributed by atoms with Gasteiger partial charge in [0.05, 0.1) is 0 Å². The van der Waals surface area contributed by atoms with Crippen molar-refractivity contribution in [1.29, 1.82) is 0 Å². The standard InChI is InChI=1S/C15H17NOS/c1-11-6-7-18-15(11)10-16-9-13-8-12-4-2-3-5-14(12)17-13/h2-7,13,16H,8-10H2,1H3. The molecule has 1 aromatic carbocycles. The van der Waals surface area contributed by atoms with Gasteiger partial charge in [-0.05, 0) is 35.6 Å². The van der Waals surface area contributed by atoms with E-state index in [4.69, 9.17) is 4.74 Å². The third-order valence-corrected chi connectivity index (χ3v) is 4.36. The zero-order valence-corrected chi connectivity index (χ0v) is 11.3. The summed E-state index contributed by atoms with van der Waals surface area (Å²) in [5, 5.41) is 5.64. The van der Waals surface area contributed by atoms with Gasteiger partial charge in [-0.3, -0.25) is 0 Å². The molecule has 1 aromatic heterocycles. The van der Waals surface area contributed by atoms with Gasteiger partial charge in [-0.2, -0.15) is 0 Å². The summed E-state index contributed by atoms with van der Waals surface area (Å²) in [6.07, 6.45) is 1.30. The first-order valence-electron chi connectivity index (χ1n) is 6.31. The summed E-state index contributed by atoms with van der Waals surface area (Å²) in [6.45, 7) is 4.02. The van der Waals surface area contributed by atoms with Crippen molar-refractivity contribution in [2.45, 2.75) is 26.0 Å². The van der Waals surface area contributed by atoms with Gasteiger partial charge in [0, 0.05) is 24.4 Å². The van der Waals surface area contributed by atoms with E-state index < -0.39 is 0 Å². The van der Waals surface area contributed by atoms with Gasteiger partial charge in [0.25, 0.3) is 0 Å². The van der Waals surface area contributed by atoms with Crippen LogP contribution in [0.5, 0.6) is 5.75 Å². The maximum Gasteiger partial charge on any atom is 0.123 e. The molecule has 2 nitrogen and oxygen atoms in total. The Morgan fingerprint density at radius 2 is 2.22 bits per heavy atom. The van der Waals surface area contributed by atoms with Crippen molar-refractivity contribution in [3.63, 3.8) is 0 Å². The highest BCUT2D eigenvalue weighted by molar-refractivity contribution is 7.10. The van der Waals surface area contributed by atoms with E-state index in [1.165, 1.54) is 16.0 Å². The monoisotopic (exact) mass is 259 g/mol. The van der Waals surface area contributed by atoms with Crippen LogP contribution < -0.4 is 10.1 Å². The van der Waals surface area contributed by atoms with E-state index in [1.54, 1.807) is 0 Å². The summed E-state index contributed by atoms with van der Waals surface area (Å²) in [7, 11) is 0. The molecule has 94 valence electrons. The molecule has 0 aliphatic carbocycles. The minimum absolute atomic E-state index is 0.280. The second kappa shape index (κ2) is 5.12. The fraction of sp³-hybridized carbons (Fsp3) is 0.333. The van der Waals surface area contributed by atoms with Crippen LogP contribution in [0.1, 0.15) is 16.0 Å². The second-order valence-electron chi connectivity index (χ2n) is 4.71. The van der Waals surface area contributed by atoms with Crippen LogP contribution in [0.3, 0.4) is 0 Å². The number of hydrogen-bond acceptors (Lipinski definition) is 3. The number of thiophene rings is 1. The first-order valence-corrected chi connectivity index (χ1v) is 7.19. The lowest BCUT2D eigenvalue weighted by Crippen LogP contribution is -2.29. The Hall–Kier alpha value is -1.32. The number of hydrogen-bond donors (Lipinski definition) is 1. The Labute approximate surface area is 112 Å². The van der Waals surface area contributed by atoms with Crippen LogP contribution in [0.15, 0.2) is 35.7 Å². The second-order valence-corrected chi connectivity index (χ2v) is 5.71. The van der Waals surface area contributed by atoms with Crippen molar-refractivity contribution in [2.24, 2.45) is 0 Å². The number of aryl methyl sites for hydroxylation is 1. The molecule has 0 amide bonds. The molecule has 3 rings (SSSR count). The Bertz CT molecular complexity index is 510. The molecule has 1 aliphatic heterocycles. The van der Waals surface area contributed by atoms with Crippen molar-refractivity contribution in [1.82, 2.24) is 5.32 Å². The van der Waals surface area contributed by atoms with Crippen molar-refractivity contribution >= 4 is 11.3 Å². The largest absolute Gasteiger partial charge is 0.488 e. The molecule has 0 saturated heterocycles. The number of para-hydroxylation sites is 1. The van der Waals surface area contributed by atoms with E-state index >= 15 is 0 Å². The summed E-state index contributed by atoms with van der Waals surface area (Å²) in [5.74, 6) is 1.05. The van der Waals surface area contributed by atoms with Crippen molar-refractivity contribution < 1.29 is 4.74 Å². The molecule has 0 saturated carbocycles. The van der Waals surface area contributed by atoms with E-state index in [2.05, 4.69) is 41.9 Å². The first kappa shape index (κ1) is 11.8. The Morgan fingerprint density at radius 1 is 1.33 bits per heavy atom. The molecule has 2 heterocycles. The Morgan fingerprint density at radius 3 is 3.00 bits per heavy atom. The third-order valence-electron chi connectivity index (χ3n) is 3.34. The number of rotatable bonds is 4. The topological polar surface area (TPSA) is 21.3 Å². The van der Waals surface area contributed by atoms with Crippen LogP contribution in [-0.2, 0) is 13.0 Å². The smallest absolute Gasteiger partial charge is 0.123 e. The fourth-order valence-electron chi connectivity index (χ4n) is 2.30. The molecule has 1 atom stereocenters. The Kier molecular flexibility index (Phi) is 3.35. The molecule has 0 radical (unpaired) electrons. The number of benzene rings is 1. The minimum Gasteiger partial charge on any atom is -0.488 e. The van der Waals surface area contributed by atoms with Crippen LogP contribution in [0.25, 0.3) is 0 Å². The van der Waals surface area contributed by atoms with Gasteiger partial charge in [0.15, 0.2) is 0 Å². The number of fused-ring (bicyclic) bond motifs is 1. The molecule has 1 N–H and O–H groups in total. The first-order chi connectivity index (χ1) is 8.83. The van der Waals surface area contributed by atoms with Crippen LogP contribution in [-0.4, -0.2) is 12.6 Å². The van der Waals surface area contributed by atoms with E-state index in [0.29, 0.717) is 0 Å². The van der Waals surface area contributed by atoms with E-state index in [-0.39, 0.29) is 6.10 Å². The SMILES string of the molecule is Cc1ccsc1CNCC1Cc2ccccc2O1. The fourth-order valence-corrected chi connectivity index (χ4v) is 3.18. The van der Waals surface area contributed by atoms with Crippen molar-refractivity contribution in [3.05, 3.63) is 51.7 Å². The maximum atomic E-state index is 5.90. The molecular formula is C15H17NOS. The van der Waals surface area contributed by atoms with Crippen LogP contribution in [0.4, 0.5) is 0 Å². The van der Waals surface area contributed by atoms with Gasteiger partial charge < -0.3 is 10.1 Å². The summed E-state index contributed by atoms with van der Waals surface area (Å²) in [5.41, 5.74) is 2.71. The van der Waals surface area contributed by atoms with Crippen molar-refractivity contribution in [2.75, 3.05) is 6.54 Å². The Balaban J connectivity index is 1.50. The van der Waals surface area contributed by atoms with Crippen LogP contribution in [0.2, 0.25) is 0 Å². The van der Waals surface area contributed by atoms with E-state index in [9.17, 15) is 0 Å². The zero-order valence-electron chi connectivity index (χ0n) is 10.5. The normalized spacial score (nSPS) is 17.5. The van der Waals surface area contributed by atoms with Gasteiger partial charge in [-0.25, -0.2) is 0 Å². The summed E-state index contributed by atoms with van der Waals surface area (Å²) >= 11 is 1.82. The number of ether oxygens (including phenoxy) is 1. The molecular weight excluding hydrogens is 242 g/mol. The summed E-state index contributed by atoms with van der Waals surface area (Å²) < 4.78 is 5.90. The predicted molar refractivity (Wildman–Crippen MR) is 75.3 cm³/mol. The van der Waals surface area contributed by atoms with Gasteiger partial charge in [-0.1, -0.05) is 18.2 Å². The summed E-state index contributed by atoms with van der Waals surface area (Å²) in [6, 6.07) is 10.5. The average Bonchev–Trinajstić information content (AvgIpc) is 2.96. The molecule has 0 spiro atoms. The molecule has 18 heavy (non-hydrogen) atoms. The molecule has 0 bridgehead atoms. The van der Waals surface area contributed by atoms with Gasteiger partial charge in [0.2, 0.25) is 0 Å². The highest BCUT2D eigenvalue weighted by Crippen LogP contribution is 2.27. The van der Waals surface area contributed by atoms with Crippen molar-refractivity contribution in [3.8, 4) is 5.75 Å². The van der Waals surface area contributed by atoms with Gasteiger partial charge in [0.1, 0.15) is 11.9 Å². The highest BCUT2D eigenvalue weighted by atomic mass is 32.1. The lowest BCUT2D eigenvalue weighted by atomic mass is 10.1. The maximum absolute atomic E-state index is 5.90. The molecule has 0 fully saturated rings. The van der Waals surface area contributed by atoms with Crippen LogP contribution in [0, 0.1) is 6.92 Å². The quantitative estimate of drug-likeness (QED) is 0.910. The van der Waals surface area contributed by atoms with Gasteiger partial charge >= 0.3 is 0 Å². The lowest BCUT2D eigenvalue weighted by Gasteiger charge is -2.11. The zero-order chi connectivity index (χ0) is 12.4. The average molecular weight is 259 g/mol. The molecule has 3 heteroatoms. The molecule has 2 aromatic rings. The third kappa shape index (κ3) is 2.42. The van der Waals surface area contributed by atoms with Gasteiger partial charge in [-0.15, -0.1) is 11.3 Å². The molecule has 1 unspecified atom stereocenters. The predicted octanol–water partition coefficient (Wildman–Crippen LogP) is 3.15. The summed E-state index contributed by atoms with van der Waals surface area (Å²) in [4.78, 5) is 1.42. The van der Waals surface area contributed by atoms with E-state index in [1.807, 2.05) is 17.4 Å². The van der Waals surface area contributed by atoms with Crippen LogP contribution >= 0.6 is 11.3 Å². The minimum atomic E-state index is 0.280. The number of nitrogens with one attached hydrogen (secondary N) is 1. The molecule has 1 aliphatic rings. The lowest BCUT2D eigenvalue weighted by molar-refractivity contribution is 0.227. The highest BCUT2D eigenvalue weighted by Gasteiger charge is 2.21.